The molecule has 3 atom stereocenters. The van der Waals surface area contributed by atoms with Crippen molar-refractivity contribution in [2.75, 3.05) is 26.2 Å². The fourth-order valence-corrected chi connectivity index (χ4v) is 4.43. The van der Waals surface area contributed by atoms with Gasteiger partial charge in [-0.15, -0.1) is 0 Å². The number of benzene rings is 1. The van der Waals surface area contributed by atoms with Crippen molar-refractivity contribution in [3.8, 4) is 5.75 Å². The molecule has 0 spiro atoms. The van der Waals surface area contributed by atoms with E-state index in [0.29, 0.717) is 25.3 Å². The normalized spacial score (nSPS) is 24.3. The molecule has 5 nitrogen and oxygen atoms in total. The molecule has 1 aromatic carbocycles. The highest BCUT2D eigenvalue weighted by molar-refractivity contribution is 6.00. The number of rotatable bonds is 7. The highest BCUT2D eigenvalue weighted by atomic mass is 19.1. The number of nitrogens with zero attached hydrogens (tertiary/aromatic N) is 2. The number of halogens is 1. The van der Waals surface area contributed by atoms with Crippen LogP contribution in [0.4, 0.5) is 4.39 Å². The van der Waals surface area contributed by atoms with E-state index in [0.717, 1.165) is 49.2 Å². The highest BCUT2D eigenvalue weighted by Gasteiger charge is 2.31. The van der Waals surface area contributed by atoms with E-state index in [1.165, 1.54) is 6.92 Å². The summed E-state index contributed by atoms with van der Waals surface area (Å²) in [5, 5.41) is 2.86. The number of carbonyl (C=O) groups excluding carboxylic acids is 1. The third-order valence-electron chi connectivity index (χ3n) is 6.26. The summed E-state index contributed by atoms with van der Waals surface area (Å²) in [6, 6.07) is 8.08. The van der Waals surface area contributed by atoms with Crippen molar-refractivity contribution < 1.29 is 13.9 Å². The third-order valence-corrected chi connectivity index (χ3v) is 6.26. The molecule has 0 saturated carbocycles. The molecule has 1 aliphatic carbocycles. The molecule has 1 N–H and O–H groups in total. The van der Waals surface area contributed by atoms with Gasteiger partial charge in [-0.25, -0.2) is 4.39 Å². The molecule has 3 unspecified atom stereocenters. The summed E-state index contributed by atoms with van der Waals surface area (Å²) < 4.78 is 21.5. The lowest BCUT2D eigenvalue weighted by Crippen LogP contribution is -2.26. The summed E-state index contributed by atoms with van der Waals surface area (Å²) in [5.41, 5.74) is 2.62. The van der Waals surface area contributed by atoms with Gasteiger partial charge in [0.25, 0.3) is 0 Å². The Morgan fingerprint density at radius 3 is 2.74 bits per heavy atom. The molecule has 0 bridgehead atoms. The summed E-state index contributed by atoms with van der Waals surface area (Å²) in [5.74, 6) is 1.13. The topological polar surface area (TPSA) is 53.9 Å². The number of likely N-dealkylation sites (tertiary alicyclic amines) is 1. The quantitative estimate of drug-likeness (QED) is 0.675. The highest BCUT2D eigenvalue weighted by Crippen LogP contribution is 2.32. The van der Waals surface area contributed by atoms with Crippen LogP contribution in [0.2, 0.25) is 0 Å². The molecule has 1 heterocycles. The number of ether oxygens (including phenoxy) is 1. The molecular weight excluding hydrogens is 393 g/mol. The molecule has 170 valence electrons. The van der Waals surface area contributed by atoms with E-state index in [-0.39, 0.29) is 29.7 Å². The average molecular weight is 430 g/mol. The third kappa shape index (κ3) is 6.08. The van der Waals surface area contributed by atoms with Crippen LogP contribution in [-0.4, -0.2) is 48.8 Å². The number of carbonyl (C=O) groups is 1. The lowest BCUT2D eigenvalue weighted by Gasteiger charge is -2.23. The van der Waals surface area contributed by atoms with Crippen molar-refractivity contribution in [1.82, 2.24) is 10.2 Å². The van der Waals surface area contributed by atoms with Crippen LogP contribution in [-0.2, 0) is 4.79 Å². The first-order valence-electron chi connectivity index (χ1n) is 11.6. The summed E-state index contributed by atoms with van der Waals surface area (Å²) in [7, 11) is 0. The molecule has 1 aliphatic heterocycles. The monoisotopic (exact) mass is 429 g/mol. The van der Waals surface area contributed by atoms with Gasteiger partial charge < -0.3 is 15.0 Å². The van der Waals surface area contributed by atoms with E-state index in [1.54, 1.807) is 0 Å². The molecule has 1 amide bonds. The minimum absolute atomic E-state index is 0.0136. The Morgan fingerprint density at radius 1 is 1.32 bits per heavy atom. The van der Waals surface area contributed by atoms with Crippen LogP contribution in [0, 0.1) is 5.92 Å². The number of amides is 1. The van der Waals surface area contributed by atoms with E-state index in [1.807, 2.05) is 19.1 Å². The fraction of sp³-hybridized carbons (Fsp3) is 0.600. The second-order valence-corrected chi connectivity index (χ2v) is 8.80. The summed E-state index contributed by atoms with van der Waals surface area (Å²) in [6.07, 6.45) is 3.68. The first kappa shape index (κ1) is 23.3. The van der Waals surface area contributed by atoms with E-state index < -0.39 is 0 Å². The van der Waals surface area contributed by atoms with Gasteiger partial charge in [-0.05, 0) is 49.8 Å². The minimum Gasteiger partial charge on any atom is -0.489 e. The predicted molar refractivity (Wildman–Crippen MR) is 123 cm³/mol. The molecule has 3 rings (SSSR count). The number of hydrogen-bond donors (Lipinski definition) is 1. The van der Waals surface area contributed by atoms with Crippen molar-refractivity contribution in [2.24, 2.45) is 10.9 Å². The maximum absolute atomic E-state index is 15.3. The Kier molecular flexibility index (Phi) is 8.10. The molecule has 1 aromatic rings. The van der Waals surface area contributed by atoms with Gasteiger partial charge >= 0.3 is 0 Å². The zero-order valence-electron chi connectivity index (χ0n) is 19.3. The Morgan fingerprint density at radius 2 is 2.06 bits per heavy atom. The number of aliphatic imine (C=N–C) groups is 1. The van der Waals surface area contributed by atoms with Gasteiger partial charge in [0.15, 0.2) is 5.83 Å². The molecular formula is C25H36FN3O2. The molecule has 6 heteroatoms. The summed E-state index contributed by atoms with van der Waals surface area (Å²) in [6.45, 7) is 10.4. The fourth-order valence-electron chi connectivity index (χ4n) is 4.43. The molecule has 2 aliphatic rings. The van der Waals surface area contributed by atoms with Crippen LogP contribution in [0.3, 0.4) is 0 Å². The van der Waals surface area contributed by atoms with Gasteiger partial charge in [-0.2, -0.15) is 0 Å². The molecule has 1 saturated heterocycles. The lowest BCUT2D eigenvalue weighted by atomic mass is 10.0. The number of nitrogens with one attached hydrogen (secondary N) is 1. The number of hydrogen-bond acceptors (Lipinski definition) is 4. The van der Waals surface area contributed by atoms with Gasteiger partial charge in [-0.3, -0.25) is 9.79 Å². The van der Waals surface area contributed by atoms with Crippen molar-refractivity contribution in [2.45, 2.75) is 65.4 Å². The Labute approximate surface area is 185 Å². The summed E-state index contributed by atoms with van der Waals surface area (Å²) in [4.78, 5) is 17.7. The Balaban J connectivity index is 1.61. The zero-order chi connectivity index (χ0) is 22.4. The van der Waals surface area contributed by atoms with E-state index in [2.05, 4.69) is 41.2 Å². The largest absolute Gasteiger partial charge is 0.489 e. The van der Waals surface area contributed by atoms with Gasteiger partial charge in [0.2, 0.25) is 5.91 Å². The van der Waals surface area contributed by atoms with Crippen LogP contribution < -0.4 is 10.1 Å². The van der Waals surface area contributed by atoms with Crippen LogP contribution in [0.15, 0.2) is 40.8 Å². The smallest absolute Gasteiger partial charge is 0.216 e. The van der Waals surface area contributed by atoms with Crippen LogP contribution in [0.25, 0.3) is 0 Å². The second kappa shape index (κ2) is 10.8. The second-order valence-electron chi connectivity index (χ2n) is 8.80. The summed E-state index contributed by atoms with van der Waals surface area (Å²) >= 11 is 0. The number of allylic oxidation sites excluding steroid dienone is 2. The van der Waals surface area contributed by atoms with E-state index in [9.17, 15) is 4.79 Å². The maximum atomic E-state index is 15.3. The molecule has 31 heavy (non-hydrogen) atoms. The lowest BCUT2D eigenvalue weighted by molar-refractivity contribution is -0.119. The van der Waals surface area contributed by atoms with E-state index in [4.69, 9.17) is 4.74 Å². The van der Waals surface area contributed by atoms with Crippen molar-refractivity contribution >= 4 is 11.6 Å². The van der Waals surface area contributed by atoms with Crippen LogP contribution in [0.5, 0.6) is 5.75 Å². The first-order chi connectivity index (χ1) is 14.9. The zero-order valence-corrected chi connectivity index (χ0v) is 19.3. The van der Waals surface area contributed by atoms with E-state index >= 15 is 4.39 Å². The average Bonchev–Trinajstić information content (AvgIpc) is 3.15. The maximum Gasteiger partial charge on any atom is 0.216 e. The van der Waals surface area contributed by atoms with Crippen LogP contribution in [0.1, 0.15) is 64.9 Å². The SMILES string of the molecule is CCN=C1C(F)=C(N2CCC(Oc3ccc(C(C)CNC(C)=O)cc3)C2)CCCC1C. The van der Waals surface area contributed by atoms with Gasteiger partial charge in [-0.1, -0.05) is 26.0 Å². The molecule has 0 radical (unpaired) electrons. The van der Waals surface area contributed by atoms with Crippen molar-refractivity contribution in [3.63, 3.8) is 0 Å². The van der Waals surface area contributed by atoms with Gasteiger partial charge in [0.1, 0.15) is 11.9 Å². The molecule has 0 aromatic heterocycles. The van der Waals surface area contributed by atoms with Crippen molar-refractivity contribution in [3.05, 3.63) is 41.4 Å². The standard InChI is InChI=1S/C25H36FN3O2/c1-5-27-25-17(2)7-6-8-23(24(25)26)29-14-13-22(16-29)31-21-11-9-20(10-12-21)18(3)15-28-19(4)30/h9-12,17-18,22H,5-8,13-16H2,1-4H3,(H,28,30). The first-order valence-corrected chi connectivity index (χ1v) is 11.6. The molecule has 1 fully saturated rings. The van der Waals surface area contributed by atoms with Crippen LogP contribution >= 0.6 is 0 Å². The minimum atomic E-state index is -0.106. The van der Waals surface area contributed by atoms with Gasteiger partial charge in [0.05, 0.1) is 18.0 Å². The van der Waals surface area contributed by atoms with Gasteiger partial charge in [0, 0.05) is 38.9 Å². The Hall–Kier alpha value is -2.37. The Bertz CT molecular complexity index is 819. The van der Waals surface area contributed by atoms with Crippen molar-refractivity contribution in [1.29, 1.82) is 0 Å². The predicted octanol–water partition coefficient (Wildman–Crippen LogP) is 4.84.